The molecular formula is C14H18BO2P. The highest BCUT2D eigenvalue weighted by molar-refractivity contribution is 7.94. The molecule has 0 atom stereocenters. The first-order valence-electron chi connectivity index (χ1n) is 5.37. The maximum absolute atomic E-state index is 5.20. The predicted octanol–water partition coefficient (Wildman–Crippen LogP) is 1.15. The van der Waals surface area contributed by atoms with Crippen molar-refractivity contribution in [2.75, 3.05) is 14.2 Å². The third-order valence-corrected chi connectivity index (χ3v) is 3.71. The summed E-state index contributed by atoms with van der Waals surface area (Å²) >= 11 is 0. The number of hydrogen-bond donors (Lipinski definition) is 0. The molecule has 0 aromatic heterocycles. The molecule has 0 aliphatic heterocycles. The fourth-order valence-electron chi connectivity index (χ4n) is 1.52. The van der Waals surface area contributed by atoms with Crippen LogP contribution in [0.25, 0.3) is 0 Å². The third-order valence-electron chi connectivity index (χ3n) is 2.47. The van der Waals surface area contributed by atoms with Gasteiger partial charge in [-0.3, -0.25) is 0 Å². The molecule has 0 fully saturated rings. The second kappa shape index (κ2) is 5.93. The molecule has 0 heterocycles. The highest BCUT2D eigenvalue weighted by atomic mass is 31.1. The van der Waals surface area contributed by atoms with Crippen LogP contribution in [0.4, 0.5) is 0 Å². The number of hydrogen-bond acceptors (Lipinski definition) is 2. The first-order valence-corrected chi connectivity index (χ1v) is 6.37. The summed E-state index contributed by atoms with van der Waals surface area (Å²) in [5, 5.41) is 2.98. The van der Waals surface area contributed by atoms with E-state index in [1.165, 1.54) is 10.6 Å². The molecule has 0 bridgehead atoms. The topological polar surface area (TPSA) is 18.5 Å². The number of benzene rings is 2. The van der Waals surface area contributed by atoms with E-state index in [0.29, 0.717) is 7.57 Å². The molecule has 18 heavy (non-hydrogen) atoms. The second-order valence-electron chi connectivity index (χ2n) is 3.58. The number of rotatable bonds is 4. The normalized spacial score (nSPS) is 10.4. The number of methoxy groups -OCH3 is 2. The molecular weight excluding hydrogens is 242 g/mol. The maximum atomic E-state index is 5.20. The average molecular weight is 260 g/mol. The molecule has 0 N–H and O–H groups in total. The lowest BCUT2D eigenvalue weighted by Crippen LogP contribution is -2.11. The smallest absolute Gasteiger partial charge is 0.135 e. The second-order valence-corrected chi connectivity index (χ2v) is 4.99. The Balaban J connectivity index is 2.20. The van der Waals surface area contributed by atoms with E-state index in [1.54, 1.807) is 14.2 Å². The summed E-state index contributed by atoms with van der Waals surface area (Å²) in [6.07, 6.45) is 0. The SMILES string of the molecule is [BH3-][PH+](c1ccc(OC)cc1)c1ccc(OC)cc1. The van der Waals surface area contributed by atoms with Crippen LogP contribution < -0.4 is 20.1 Å². The Labute approximate surface area is 110 Å². The molecule has 0 unspecified atom stereocenters. The van der Waals surface area contributed by atoms with Crippen LogP contribution in [0.3, 0.4) is 0 Å². The Morgan fingerprint density at radius 1 is 0.722 bits per heavy atom. The van der Waals surface area contributed by atoms with Crippen LogP contribution in [-0.2, 0) is 0 Å². The van der Waals surface area contributed by atoms with E-state index in [-0.39, 0.29) is 0 Å². The maximum Gasteiger partial charge on any atom is 0.135 e. The molecule has 4 heteroatoms. The molecule has 2 aromatic rings. The Kier molecular flexibility index (Phi) is 4.27. The first-order chi connectivity index (χ1) is 8.74. The Hall–Kier alpha value is -1.47. The summed E-state index contributed by atoms with van der Waals surface area (Å²) in [6, 6.07) is 17.1. The average Bonchev–Trinajstić information content (AvgIpc) is 2.47. The Morgan fingerprint density at radius 3 is 1.33 bits per heavy atom. The van der Waals surface area contributed by atoms with Crippen molar-refractivity contribution in [3.8, 4) is 11.5 Å². The van der Waals surface area contributed by atoms with Crippen molar-refractivity contribution in [1.29, 1.82) is 0 Å². The third kappa shape index (κ3) is 2.86. The van der Waals surface area contributed by atoms with Crippen LogP contribution in [0.15, 0.2) is 48.5 Å². The van der Waals surface area contributed by atoms with Gasteiger partial charge in [0, 0.05) is 0 Å². The summed E-state index contributed by atoms with van der Waals surface area (Å²) in [7, 11) is 3.25. The molecule has 2 aromatic carbocycles. The van der Waals surface area contributed by atoms with Crippen molar-refractivity contribution in [1.82, 2.24) is 0 Å². The van der Waals surface area contributed by atoms with Gasteiger partial charge in [-0.05, 0) is 48.5 Å². The van der Waals surface area contributed by atoms with E-state index in [1.807, 2.05) is 0 Å². The largest absolute Gasteiger partial charge is 0.497 e. The van der Waals surface area contributed by atoms with Gasteiger partial charge in [-0.15, -0.1) is 7.80 Å². The van der Waals surface area contributed by atoms with Gasteiger partial charge in [0.05, 0.1) is 24.8 Å². The molecule has 0 saturated carbocycles. The molecule has 2 nitrogen and oxygen atoms in total. The molecule has 0 spiro atoms. The Morgan fingerprint density at radius 2 is 1.06 bits per heavy atom. The van der Waals surface area contributed by atoms with Gasteiger partial charge in [0.15, 0.2) is 0 Å². The van der Waals surface area contributed by atoms with Gasteiger partial charge >= 0.3 is 0 Å². The van der Waals surface area contributed by atoms with Gasteiger partial charge in [-0.2, -0.15) is 0 Å². The van der Waals surface area contributed by atoms with Crippen LogP contribution in [0.5, 0.6) is 11.5 Å². The molecule has 0 aliphatic carbocycles. The minimum Gasteiger partial charge on any atom is -0.497 e. The van der Waals surface area contributed by atoms with Crippen LogP contribution in [0.1, 0.15) is 0 Å². The van der Waals surface area contributed by atoms with Crippen LogP contribution in [-0.4, -0.2) is 21.8 Å². The lowest BCUT2D eigenvalue weighted by atomic mass is 10.3. The summed E-state index contributed by atoms with van der Waals surface area (Å²) in [5.41, 5.74) is 0. The van der Waals surface area contributed by atoms with Gasteiger partial charge in [-0.1, -0.05) is 0 Å². The molecule has 0 aliphatic rings. The molecule has 94 valence electrons. The van der Waals surface area contributed by atoms with Crippen molar-refractivity contribution in [2.24, 2.45) is 0 Å². The van der Waals surface area contributed by atoms with Gasteiger partial charge < -0.3 is 9.47 Å². The fourth-order valence-corrected chi connectivity index (χ4v) is 2.52. The van der Waals surface area contributed by atoms with E-state index in [4.69, 9.17) is 9.47 Å². The zero-order chi connectivity index (χ0) is 13.0. The van der Waals surface area contributed by atoms with Crippen LogP contribution in [0, 0.1) is 0 Å². The van der Waals surface area contributed by atoms with E-state index < -0.39 is 7.80 Å². The lowest BCUT2D eigenvalue weighted by Gasteiger charge is -2.11. The quantitative estimate of drug-likeness (QED) is 0.606. The minimum atomic E-state index is -0.455. The lowest BCUT2D eigenvalue weighted by molar-refractivity contribution is 0.415. The van der Waals surface area contributed by atoms with Crippen molar-refractivity contribution >= 4 is 26.0 Å². The zero-order valence-corrected chi connectivity index (χ0v) is 10.9. The summed E-state index contributed by atoms with van der Waals surface area (Å²) < 4.78 is 10.4. The summed E-state index contributed by atoms with van der Waals surface area (Å²) in [4.78, 5) is 0. The van der Waals surface area contributed by atoms with Gasteiger partial charge in [0.1, 0.15) is 19.1 Å². The monoisotopic (exact) mass is 260 g/mol. The zero-order valence-electron chi connectivity index (χ0n) is 9.94. The number of ether oxygens (including phenoxy) is 2. The van der Waals surface area contributed by atoms with Gasteiger partial charge in [0.2, 0.25) is 0 Å². The molecule has 0 radical (unpaired) electrons. The molecule has 0 saturated heterocycles. The van der Waals surface area contributed by atoms with E-state index in [2.05, 4.69) is 48.5 Å². The van der Waals surface area contributed by atoms with Gasteiger partial charge in [-0.25, -0.2) is 0 Å². The molecule has 0 amide bonds. The Bertz CT molecular complexity index is 449. The van der Waals surface area contributed by atoms with E-state index in [0.717, 1.165) is 11.5 Å². The van der Waals surface area contributed by atoms with Crippen LogP contribution >= 0.6 is 7.80 Å². The van der Waals surface area contributed by atoms with Gasteiger partial charge in [0.25, 0.3) is 0 Å². The highest BCUT2D eigenvalue weighted by Gasteiger charge is 2.10. The first kappa shape index (κ1) is 13.0. The molecule has 2 rings (SSSR count). The van der Waals surface area contributed by atoms with Crippen molar-refractivity contribution in [3.05, 3.63) is 48.5 Å². The van der Waals surface area contributed by atoms with E-state index in [9.17, 15) is 0 Å². The fraction of sp³-hybridized carbons (Fsp3) is 0.143. The van der Waals surface area contributed by atoms with Crippen LogP contribution in [0.2, 0.25) is 0 Å². The van der Waals surface area contributed by atoms with E-state index >= 15 is 0 Å². The highest BCUT2D eigenvalue weighted by Crippen LogP contribution is 2.28. The van der Waals surface area contributed by atoms with Crippen molar-refractivity contribution in [2.45, 2.75) is 0 Å². The van der Waals surface area contributed by atoms with Crippen molar-refractivity contribution < 1.29 is 9.47 Å². The standard InChI is InChI=1S/C14H18BO2P/c1-16-11-3-7-13(8-4-11)18(15)14-9-5-12(17-2)6-10-14/h3-10,18H,1-2,15H3. The summed E-state index contributed by atoms with van der Waals surface area (Å²) in [6.45, 7) is 0. The van der Waals surface area contributed by atoms with Crippen molar-refractivity contribution in [3.63, 3.8) is 0 Å². The summed E-state index contributed by atoms with van der Waals surface area (Å²) in [5.74, 6) is 1.87. The minimum absolute atomic E-state index is 0.290. The predicted molar refractivity (Wildman–Crippen MR) is 83.5 cm³/mol.